The van der Waals surface area contributed by atoms with Crippen LogP contribution in [0.3, 0.4) is 0 Å². The molecule has 1 aromatic rings. The molecule has 0 heterocycles. The van der Waals surface area contributed by atoms with Gasteiger partial charge in [0.05, 0.1) is 36.6 Å². The molecule has 6 heteroatoms. The molecule has 0 bridgehead atoms. The lowest BCUT2D eigenvalue weighted by molar-refractivity contribution is 0.00749. The summed E-state index contributed by atoms with van der Waals surface area (Å²) in [6, 6.07) is 4.07. The summed E-state index contributed by atoms with van der Waals surface area (Å²) in [6.45, 7) is 4.33. The van der Waals surface area contributed by atoms with Crippen molar-refractivity contribution < 1.29 is 19.0 Å². The highest BCUT2D eigenvalue weighted by molar-refractivity contribution is 6.33. The third-order valence-corrected chi connectivity index (χ3v) is 3.10. The Bertz CT molecular complexity index is 407. The molecule has 0 aliphatic carbocycles. The molecule has 0 spiro atoms. The molecule has 0 aromatic heterocycles. The van der Waals surface area contributed by atoms with Gasteiger partial charge < -0.3 is 19.9 Å². The minimum Gasteiger partial charge on any atom is -0.389 e. The second-order valence-corrected chi connectivity index (χ2v) is 5.11. The molecule has 0 aliphatic heterocycles. The van der Waals surface area contributed by atoms with Crippen LogP contribution >= 0.6 is 11.6 Å². The Morgan fingerprint density at radius 1 is 1.29 bits per heavy atom. The highest BCUT2D eigenvalue weighted by Gasteiger charge is 2.06. The largest absolute Gasteiger partial charge is 0.389 e. The standard InChI is InChI=1S/C15H23ClFNO3/c1-2-3-6-20-7-8-21-11-13(19)10-18-15-5-4-12(17)9-14(15)16/h4-5,9,13,18-19H,2-3,6-8,10-11H2,1H3. The average molecular weight is 320 g/mol. The molecule has 1 aromatic carbocycles. The number of aliphatic hydroxyl groups excluding tert-OH is 1. The van der Waals surface area contributed by atoms with Gasteiger partial charge in [-0.15, -0.1) is 0 Å². The van der Waals surface area contributed by atoms with Gasteiger partial charge >= 0.3 is 0 Å². The van der Waals surface area contributed by atoms with E-state index in [-0.39, 0.29) is 18.2 Å². The van der Waals surface area contributed by atoms with Crippen molar-refractivity contribution in [3.63, 3.8) is 0 Å². The van der Waals surface area contributed by atoms with Crippen LogP contribution in [0.5, 0.6) is 0 Å². The van der Waals surface area contributed by atoms with Crippen LogP contribution < -0.4 is 5.32 Å². The van der Waals surface area contributed by atoms with Gasteiger partial charge in [0.15, 0.2) is 0 Å². The molecular formula is C15H23ClFNO3. The van der Waals surface area contributed by atoms with Gasteiger partial charge in [-0.3, -0.25) is 0 Å². The molecule has 4 nitrogen and oxygen atoms in total. The molecule has 1 unspecified atom stereocenters. The molecule has 0 saturated carbocycles. The SMILES string of the molecule is CCCCOCCOCC(O)CNc1ccc(F)cc1Cl. The van der Waals surface area contributed by atoms with E-state index >= 15 is 0 Å². The van der Waals surface area contributed by atoms with Gasteiger partial charge in [-0.2, -0.15) is 0 Å². The Morgan fingerprint density at radius 2 is 2.05 bits per heavy atom. The Kier molecular flexibility index (Phi) is 9.34. The van der Waals surface area contributed by atoms with Crippen LogP contribution in [0.15, 0.2) is 18.2 Å². The number of anilines is 1. The molecule has 21 heavy (non-hydrogen) atoms. The minimum absolute atomic E-state index is 0.211. The molecule has 0 aliphatic rings. The second kappa shape index (κ2) is 10.8. The first kappa shape index (κ1) is 18.2. The molecule has 0 radical (unpaired) electrons. The number of rotatable bonds is 11. The predicted molar refractivity (Wildman–Crippen MR) is 82.5 cm³/mol. The number of ether oxygens (including phenoxy) is 2. The van der Waals surface area contributed by atoms with E-state index in [1.165, 1.54) is 18.2 Å². The molecule has 1 atom stereocenters. The number of halogens is 2. The van der Waals surface area contributed by atoms with E-state index in [1.54, 1.807) is 0 Å². The Morgan fingerprint density at radius 3 is 2.76 bits per heavy atom. The Hall–Kier alpha value is -0.880. The Balaban J connectivity index is 2.09. The lowest BCUT2D eigenvalue weighted by atomic mass is 10.3. The highest BCUT2D eigenvalue weighted by atomic mass is 35.5. The first-order valence-electron chi connectivity index (χ1n) is 7.16. The van der Waals surface area contributed by atoms with Gasteiger partial charge in [0.2, 0.25) is 0 Å². The van der Waals surface area contributed by atoms with Crippen LogP contribution in [-0.2, 0) is 9.47 Å². The summed E-state index contributed by atoms with van der Waals surface area (Å²) in [6.07, 6.45) is 1.49. The van der Waals surface area contributed by atoms with Crippen molar-refractivity contribution in [2.24, 2.45) is 0 Å². The van der Waals surface area contributed by atoms with Gasteiger partial charge in [-0.1, -0.05) is 24.9 Å². The molecule has 120 valence electrons. The lowest BCUT2D eigenvalue weighted by Gasteiger charge is -2.14. The van der Waals surface area contributed by atoms with E-state index in [1.807, 2.05) is 0 Å². The third-order valence-electron chi connectivity index (χ3n) is 2.78. The lowest BCUT2D eigenvalue weighted by Crippen LogP contribution is -2.25. The number of benzene rings is 1. The second-order valence-electron chi connectivity index (χ2n) is 4.70. The first-order chi connectivity index (χ1) is 10.1. The molecule has 0 fully saturated rings. The van der Waals surface area contributed by atoms with Crippen LogP contribution in [0.25, 0.3) is 0 Å². The number of hydrogen-bond acceptors (Lipinski definition) is 4. The maximum Gasteiger partial charge on any atom is 0.124 e. The van der Waals surface area contributed by atoms with Crippen molar-refractivity contribution in [1.29, 1.82) is 0 Å². The molecular weight excluding hydrogens is 297 g/mol. The van der Waals surface area contributed by atoms with Crippen molar-refractivity contribution in [3.8, 4) is 0 Å². The van der Waals surface area contributed by atoms with Crippen LogP contribution in [0, 0.1) is 5.82 Å². The zero-order chi connectivity index (χ0) is 15.5. The average Bonchev–Trinajstić information content (AvgIpc) is 2.45. The summed E-state index contributed by atoms with van der Waals surface area (Å²) in [4.78, 5) is 0. The van der Waals surface area contributed by atoms with E-state index in [4.69, 9.17) is 21.1 Å². The molecule has 0 amide bonds. The van der Waals surface area contributed by atoms with Crippen LogP contribution in [0.2, 0.25) is 5.02 Å². The summed E-state index contributed by atoms with van der Waals surface area (Å²) in [5, 5.41) is 13.0. The summed E-state index contributed by atoms with van der Waals surface area (Å²) < 4.78 is 23.5. The fourth-order valence-corrected chi connectivity index (χ4v) is 1.84. The third kappa shape index (κ3) is 8.21. The Labute approximate surface area is 130 Å². The topological polar surface area (TPSA) is 50.7 Å². The van der Waals surface area contributed by atoms with Crippen LogP contribution in [0.4, 0.5) is 10.1 Å². The highest BCUT2D eigenvalue weighted by Crippen LogP contribution is 2.22. The monoisotopic (exact) mass is 319 g/mol. The molecule has 1 rings (SSSR count). The van der Waals surface area contributed by atoms with E-state index in [0.717, 1.165) is 19.4 Å². The van der Waals surface area contributed by atoms with Crippen molar-refractivity contribution in [3.05, 3.63) is 29.0 Å². The molecule has 2 N–H and O–H groups in total. The van der Waals surface area contributed by atoms with Gasteiger partial charge in [-0.25, -0.2) is 4.39 Å². The maximum absolute atomic E-state index is 12.9. The zero-order valence-electron chi connectivity index (χ0n) is 12.3. The fourth-order valence-electron chi connectivity index (χ4n) is 1.61. The zero-order valence-corrected chi connectivity index (χ0v) is 13.0. The normalized spacial score (nSPS) is 12.4. The number of unbranched alkanes of at least 4 members (excludes halogenated alkanes) is 1. The maximum atomic E-state index is 12.9. The van der Waals surface area contributed by atoms with Gasteiger partial charge in [-0.05, 0) is 24.6 Å². The van der Waals surface area contributed by atoms with Crippen LogP contribution in [0.1, 0.15) is 19.8 Å². The number of nitrogens with one attached hydrogen (secondary N) is 1. The van der Waals surface area contributed by atoms with Crippen molar-refractivity contribution in [2.45, 2.75) is 25.9 Å². The summed E-state index contributed by atoms with van der Waals surface area (Å²) >= 11 is 5.87. The van der Waals surface area contributed by atoms with Gasteiger partial charge in [0.25, 0.3) is 0 Å². The molecule has 0 saturated heterocycles. The van der Waals surface area contributed by atoms with E-state index in [2.05, 4.69) is 12.2 Å². The number of hydrogen-bond donors (Lipinski definition) is 2. The fraction of sp³-hybridized carbons (Fsp3) is 0.600. The quantitative estimate of drug-likeness (QED) is 0.615. The van der Waals surface area contributed by atoms with Gasteiger partial charge in [0, 0.05) is 13.2 Å². The van der Waals surface area contributed by atoms with Crippen molar-refractivity contribution >= 4 is 17.3 Å². The van der Waals surface area contributed by atoms with Crippen molar-refractivity contribution in [1.82, 2.24) is 0 Å². The number of aliphatic hydroxyl groups is 1. The van der Waals surface area contributed by atoms with Crippen molar-refractivity contribution in [2.75, 3.05) is 38.3 Å². The van der Waals surface area contributed by atoms with E-state index in [9.17, 15) is 9.50 Å². The van der Waals surface area contributed by atoms with E-state index < -0.39 is 11.9 Å². The summed E-state index contributed by atoms with van der Waals surface area (Å²) in [7, 11) is 0. The summed E-state index contributed by atoms with van der Waals surface area (Å²) in [5.41, 5.74) is 0.583. The smallest absolute Gasteiger partial charge is 0.124 e. The first-order valence-corrected chi connectivity index (χ1v) is 7.53. The van der Waals surface area contributed by atoms with Gasteiger partial charge in [0.1, 0.15) is 5.82 Å². The van der Waals surface area contributed by atoms with Crippen LogP contribution in [-0.4, -0.2) is 44.2 Å². The predicted octanol–water partition coefficient (Wildman–Crippen LogP) is 3.09. The van der Waals surface area contributed by atoms with E-state index in [0.29, 0.717) is 18.9 Å². The minimum atomic E-state index is -0.665. The summed E-state index contributed by atoms with van der Waals surface area (Å²) in [5.74, 6) is -0.391.